The summed E-state index contributed by atoms with van der Waals surface area (Å²) in [6, 6.07) is 5.25. The lowest BCUT2D eigenvalue weighted by Crippen LogP contribution is -2.40. The third kappa shape index (κ3) is 2.57. The van der Waals surface area contributed by atoms with Gasteiger partial charge in [0, 0.05) is 11.8 Å². The molecule has 1 rings (SSSR count). The van der Waals surface area contributed by atoms with E-state index in [1.807, 2.05) is 19.9 Å². The fraction of sp³-hybridized carbons (Fsp3) is 0.462. The highest BCUT2D eigenvalue weighted by atomic mass is 32.2. The fourth-order valence-corrected chi connectivity index (χ4v) is 1.85. The highest BCUT2D eigenvalue weighted by Gasteiger charge is 2.38. The van der Waals surface area contributed by atoms with Gasteiger partial charge in [-0.25, -0.2) is 8.42 Å². The normalized spacial score (nSPS) is 12.5. The number of benzene rings is 1. The van der Waals surface area contributed by atoms with E-state index >= 15 is 0 Å². The number of hydrogen-bond donors (Lipinski definition) is 0. The molecule has 0 unspecified atom stereocenters. The first kappa shape index (κ1) is 13.9. The van der Waals surface area contributed by atoms with Crippen LogP contribution in [-0.4, -0.2) is 25.2 Å². The Morgan fingerprint density at radius 1 is 1.12 bits per heavy atom. The number of ketones is 1. The summed E-state index contributed by atoms with van der Waals surface area (Å²) in [7, 11) is -3.42. The largest absolute Gasteiger partial charge is 0.292 e. The summed E-state index contributed by atoms with van der Waals surface area (Å²) < 4.78 is 21.8. The van der Waals surface area contributed by atoms with Gasteiger partial charge in [-0.05, 0) is 44.9 Å². The van der Waals surface area contributed by atoms with Crippen molar-refractivity contribution in [3.63, 3.8) is 0 Å². The number of aryl methyl sites for hydroxylation is 2. The molecule has 0 bridgehead atoms. The fourth-order valence-electron chi connectivity index (χ4n) is 1.40. The number of Topliss-reactive ketones (excluding diaryl/α,β-unsaturated/α-hetero) is 1. The lowest BCUT2D eigenvalue weighted by molar-refractivity contribution is 0.0954. The minimum atomic E-state index is -3.42. The van der Waals surface area contributed by atoms with Crippen molar-refractivity contribution in [3.8, 4) is 0 Å². The van der Waals surface area contributed by atoms with Crippen LogP contribution in [0.25, 0.3) is 0 Å². The van der Waals surface area contributed by atoms with E-state index in [4.69, 9.17) is 0 Å². The van der Waals surface area contributed by atoms with Crippen LogP contribution in [0.3, 0.4) is 0 Å². The maximum absolute atomic E-state index is 12.2. The van der Waals surface area contributed by atoms with Crippen molar-refractivity contribution in [3.05, 3.63) is 34.9 Å². The van der Waals surface area contributed by atoms with E-state index in [9.17, 15) is 13.2 Å². The highest BCUT2D eigenvalue weighted by molar-refractivity contribution is 7.92. The van der Waals surface area contributed by atoms with Crippen LogP contribution in [0.1, 0.15) is 35.3 Å². The number of hydrogen-bond acceptors (Lipinski definition) is 3. The summed E-state index contributed by atoms with van der Waals surface area (Å²) in [4.78, 5) is 12.2. The van der Waals surface area contributed by atoms with Gasteiger partial charge in [-0.2, -0.15) is 0 Å². The van der Waals surface area contributed by atoms with Crippen molar-refractivity contribution >= 4 is 15.6 Å². The zero-order chi connectivity index (χ0) is 13.4. The average molecular weight is 254 g/mol. The maximum Gasteiger partial charge on any atom is 0.183 e. The number of rotatable bonds is 3. The standard InChI is InChI=1S/C13H18O3S/c1-9-6-7-11(8-10(9)2)12(14)13(3,4)17(5,15)16/h6-8H,1-5H3. The van der Waals surface area contributed by atoms with E-state index in [0.29, 0.717) is 5.56 Å². The summed E-state index contributed by atoms with van der Waals surface area (Å²) in [6.07, 6.45) is 1.09. The smallest absolute Gasteiger partial charge is 0.183 e. The quantitative estimate of drug-likeness (QED) is 0.778. The molecule has 1 aromatic rings. The van der Waals surface area contributed by atoms with Gasteiger partial charge >= 0.3 is 0 Å². The number of carbonyl (C=O) groups is 1. The molecule has 1 aromatic carbocycles. The minimum absolute atomic E-state index is 0.358. The van der Waals surface area contributed by atoms with Crippen molar-refractivity contribution in [1.82, 2.24) is 0 Å². The molecule has 0 aliphatic rings. The average Bonchev–Trinajstić information content (AvgIpc) is 2.19. The molecule has 0 saturated heterocycles. The lowest BCUT2D eigenvalue weighted by atomic mass is 9.97. The highest BCUT2D eigenvalue weighted by Crippen LogP contribution is 2.22. The number of carbonyl (C=O) groups excluding carboxylic acids is 1. The Hall–Kier alpha value is -1.16. The molecule has 0 aromatic heterocycles. The molecule has 0 radical (unpaired) electrons. The van der Waals surface area contributed by atoms with Gasteiger partial charge in [0.25, 0.3) is 0 Å². The molecule has 0 atom stereocenters. The van der Waals surface area contributed by atoms with E-state index in [-0.39, 0.29) is 5.78 Å². The van der Waals surface area contributed by atoms with Gasteiger partial charge in [0.1, 0.15) is 4.75 Å². The summed E-state index contributed by atoms with van der Waals surface area (Å²) in [5.41, 5.74) is 2.52. The van der Waals surface area contributed by atoms with E-state index in [1.165, 1.54) is 13.8 Å². The molecule has 94 valence electrons. The van der Waals surface area contributed by atoms with Crippen molar-refractivity contribution in [2.45, 2.75) is 32.4 Å². The molecule has 0 N–H and O–H groups in total. The monoisotopic (exact) mass is 254 g/mol. The van der Waals surface area contributed by atoms with Gasteiger partial charge in [0.2, 0.25) is 0 Å². The van der Waals surface area contributed by atoms with Crippen molar-refractivity contribution in [1.29, 1.82) is 0 Å². The third-order valence-corrected chi connectivity index (χ3v) is 5.28. The molecule has 0 aliphatic heterocycles. The first-order chi connectivity index (χ1) is 7.57. The van der Waals surface area contributed by atoms with E-state index < -0.39 is 14.6 Å². The maximum atomic E-state index is 12.2. The van der Waals surface area contributed by atoms with Crippen LogP contribution in [0.4, 0.5) is 0 Å². The molecule has 0 amide bonds. The summed E-state index contributed by atoms with van der Waals surface area (Å²) in [6.45, 7) is 6.74. The second kappa shape index (κ2) is 4.26. The van der Waals surface area contributed by atoms with Crippen LogP contribution < -0.4 is 0 Å². The van der Waals surface area contributed by atoms with Gasteiger partial charge < -0.3 is 0 Å². The van der Waals surface area contributed by atoms with Gasteiger partial charge in [-0.15, -0.1) is 0 Å². The van der Waals surface area contributed by atoms with Gasteiger partial charge in [-0.3, -0.25) is 4.79 Å². The Kier molecular flexibility index (Phi) is 3.48. The predicted molar refractivity (Wildman–Crippen MR) is 69.2 cm³/mol. The summed E-state index contributed by atoms with van der Waals surface area (Å²) in [5.74, 6) is -0.358. The molecular weight excluding hydrogens is 236 g/mol. The zero-order valence-corrected chi connectivity index (χ0v) is 11.7. The molecule has 3 nitrogen and oxygen atoms in total. The zero-order valence-electron chi connectivity index (χ0n) is 10.9. The van der Waals surface area contributed by atoms with E-state index in [2.05, 4.69) is 0 Å². The number of sulfone groups is 1. The Morgan fingerprint density at radius 3 is 2.06 bits per heavy atom. The van der Waals surface area contributed by atoms with Crippen LogP contribution in [0.15, 0.2) is 18.2 Å². The molecule has 0 heterocycles. The molecule has 0 aliphatic carbocycles. The summed E-state index contributed by atoms with van der Waals surface area (Å²) in [5, 5.41) is 0. The van der Waals surface area contributed by atoms with Crippen LogP contribution in [0.5, 0.6) is 0 Å². The summed E-state index contributed by atoms with van der Waals surface area (Å²) >= 11 is 0. The Bertz CT molecular complexity index is 554. The van der Waals surface area contributed by atoms with Crippen LogP contribution in [0, 0.1) is 13.8 Å². The Morgan fingerprint density at radius 2 is 1.65 bits per heavy atom. The lowest BCUT2D eigenvalue weighted by Gasteiger charge is -2.21. The molecule has 0 saturated carbocycles. The first-order valence-electron chi connectivity index (χ1n) is 5.39. The van der Waals surface area contributed by atoms with E-state index in [0.717, 1.165) is 17.4 Å². The topological polar surface area (TPSA) is 51.2 Å². The first-order valence-corrected chi connectivity index (χ1v) is 7.28. The van der Waals surface area contributed by atoms with Gasteiger partial charge in [0.15, 0.2) is 15.6 Å². The SMILES string of the molecule is Cc1ccc(C(=O)C(C)(C)S(C)(=O)=O)cc1C. The van der Waals surface area contributed by atoms with Gasteiger partial charge in [0.05, 0.1) is 0 Å². The minimum Gasteiger partial charge on any atom is -0.292 e. The molecule has 0 spiro atoms. The molecule has 4 heteroatoms. The van der Waals surface area contributed by atoms with Crippen LogP contribution in [-0.2, 0) is 9.84 Å². The van der Waals surface area contributed by atoms with Gasteiger partial charge in [-0.1, -0.05) is 12.1 Å². The third-order valence-electron chi connectivity index (χ3n) is 3.24. The van der Waals surface area contributed by atoms with E-state index in [1.54, 1.807) is 12.1 Å². The second-order valence-corrected chi connectivity index (χ2v) is 7.48. The second-order valence-electron chi connectivity index (χ2n) is 4.91. The van der Waals surface area contributed by atoms with Crippen molar-refractivity contribution in [2.24, 2.45) is 0 Å². The molecular formula is C13H18O3S. The molecule has 0 fully saturated rings. The molecule has 17 heavy (non-hydrogen) atoms. The van der Waals surface area contributed by atoms with Crippen LogP contribution in [0.2, 0.25) is 0 Å². The predicted octanol–water partition coefficient (Wildman–Crippen LogP) is 2.31. The Balaban J connectivity index is 3.27. The van der Waals surface area contributed by atoms with Crippen molar-refractivity contribution < 1.29 is 13.2 Å². The van der Waals surface area contributed by atoms with Crippen molar-refractivity contribution in [2.75, 3.05) is 6.26 Å². The Labute approximate surface area is 103 Å². The van der Waals surface area contributed by atoms with Crippen LogP contribution >= 0.6 is 0 Å².